The van der Waals surface area contributed by atoms with Gasteiger partial charge in [0.2, 0.25) is 0 Å². The fourth-order valence-electron chi connectivity index (χ4n) is 17.7. The molecule has 16 aromatic rings. The van der Waals surface area contributed by atoms with Gasteiger partial charge in [0.05, 0.1) is 12.2 Å². The summed E-state index contributed by atoms with van der Waals surface area (Å²) in [4.78, 5) is 25.3. The molecule has 2 spiro atoms. The van der Waals surface area contributed by atoms with E-state index in [-0.39, 0.29) is 44.1 Å². The van der Waals surface area contributed by atoms with Crippen LogP contribution in [0.15, 0.2) is 453 Å². The number of aliphatic hydroxyl groups excluding tert-OH is 2. The molecule has 0 atom stereocenters. The average Bonchev–Trinajstić information content (AvgIpc) is 1.60. The van der Waals surface area contributed by atoms with Crippen LogP contribution in [-0.2, 0) is 49.0 Å². The molecule has 20 rings (SSSR count). The SMILES string of the molecule is COC1CCC2(CC1)OC(=O)C(c1c(C)cc(-c3ccc(Cl)cc3)cc1C)=C2O.COC1CCC2(CC1)OC(=O)C(c1c(C)cc(Br)cc1C)=C2O.OB(O)c1ccc(Cl)cc1.[Pd].c1ccc(P(c2ccccc2)c2ccccc2)cc1.c1ccc(P(c2ccccc2)c2ccccc2)cc1.c1ccc(P(c2ccccc2)c2ccccc2)cc1.c1ccc(P(c2ccccc2)c2ccccc2)cc1. The number of esters is 2. The van der Waals surface area contributed by atoms with Crippen LogP contribution in [0.3, 0.4) is 0 Å². The van der Waals surface area contributed by atoms with Gasteiger partial charge in [-0.25, -0.2) is 9.59 Å². The first-order valence-corrected chi connectivity index (χ1v) is 53.1. The maximum atomic E-state index is 12.8. The van der Waals surface area contributed by atoms with Gasteiger partial charge in [0.25, 0.3) is 0 Å². The van der Waals surface area contributed by atoms with Crippen molar-refractivity contribution in [3.63, 3.8) is 0 Å². The molecule has 2 heterocycles. The number of aryl methyl sites for hydroxylation is 4. The number of ether oxygens (including phenoxy) is 4. The Bertz CT molecular complexity index is 5700. The number of hydrogen-bond donors (Lipinski definition) is 4. The summed E-state index contributed by atoms with van der Waals surface area (Å²) in [7, 11) is 0.198. The van der Waals surface area contributed by atoms with Crippen molar-refractivity contribution in [1.82, 2.24) is 0 Å². The van der Waals surface area contributed by atoms with E-state index in [9.17, 15) is 19.8 Å². The average molecular weight is 2110 g/mol. The molecule has 0 unspecified atom stereocenters. The summed E-state index contributed by atoms with van der Waals surface area (Å²) in [6.07, 6.45) is 5.75. The minimum Gasteiger partial charge on any atom is -0.507 e. The van der Waals surface area contributed by atoms with Crippen LogP contribution in [0.5, 0.6) is 0 Å². The van der Waals surface area contributed by atoms with Crippen LogP contribution >= 0.6 is 70.8 Å². The largest absolute Gasteiger partial charge is 0.507 e. The van der Waals surface area contributed by atoms with Crippen LogP contribution in [0, 0.1) is 27.7 Å². The third-order valence-electron chi connectivity index (χ3n) is 24.5. The number of carbonyl (C=O) groups excluding carboxylic acids is 2. The molecule has 706 valence electrons. The van der Waals surface area contributed by atoms with E-state index < -0.39 is 61.9 Å². The smallest absolute Gasteiger partial charge is 0.488 e. The molecule has 2 aliphatic heterocycles. The molecule has 4 aliphatic rings. The Morgan fingerprint density at radius 3 is 0.698 bits per heavy atom. The van der Waals surface area contributed by atoms with Gasteiger partial charge in [-0.15, -0.1) is 0 Å². The number of rotatable bonds is 18. The van der Waals surface area contributed by atoms with Crippen molar-refractivity contribution >= 4 is 170 Å². The van der Waals surface area contributed by atoms with Crippen molar-refractivity contribution in [2.75, 3.05) is 14.2 Å². The van der Waals surface area contributed by atoms with Crippen molar-refractivity contribution in [3.05, 3.63) is 496 Å². The molecule has 139 heavy (non-hydrogen) atoms. The zero-order valence-corrected chi connectivity index (χ0v) is 86.7. The van der Waals surface area contributed by atoms with Gasteiger partial charge in [-0.2, -0.15) is 0 Å². The van der Waals surface area contributed by atoms with E-state index in [1.807, 2.05) is 76.2 Å². The normalized spacial score (nSPS) is 16.1. The van der Waals surface area contributed by atoms with E-state index in [0.29, 0.717) is 52.3 Å². The van der Waals surface area contributed by atoms with Crippen LogP contribution in [-0.4, -0.2) is 76.9 Å². The van der Waals surface area contributed by atoms with E-state index in [1.165, 1.54) is 63.7 Å². The molecule has 2 aliphatic carbocycles. The number of carbonyl (C=O) groups is 2. The van der Waals surface area contributed by atoms with Crippen LogP contribution in [0.1, 0.15) is 84.7 Å². The Balaban J connectivity index is 0.000000138. The quantitative estimate of drug-likeness (QED) is 0.0371. The summed E-state index contributed by atoms with van der Waals surface area (Å²) in [6.45, 7) is 7.80. The Labute approximate surface area is 856 Å². The van der Waals surface area contributed by atoms with Gasteiger partial charge in [-0.3, -0.25) is 0 Å². The van der Waals surface area contributed by atoms with Gasteiger partial charge in [0.1, 0.15) is 11.1 Å². The number of hydrogen-bond acceptors (Lipinski definition) is 10. The Morgan fingerprint density at radius 1 is 0.309 bits per heavy atom. The maximum absolute atomic E-state index is 12.8. The van der Waals surface area contributed by atoms with Gasteiger partial charge in [0.15, 0.2) is 22.7 Å². The minimum atomic E-state index is -1.41. The molecule has 2 fully saturated rings. The summed E-state index contributed by atoms with van der Waals surface area (Å²) < 4.78 is 23.2. The van der Waals surface area contributed by atoms with Crippen LogP contribution in [0.2, 0.25) is 10.0 Å². The first-order valence-electron chi connectivity index (χ1n) is 46.2. The molecular formula is C120H112BBrCl2O10P4Pd. The second-order valence-corrected chi connectivity index (χ2v) is 44.5. The third kappa shape index (κ3) is 27.8. The van der Waals surface area contributed by atoms with Gasteiger partial charge in [0, 0.05) is 49.2 Å². The molecule has 0 saturated heterocycles. The molecular weight excluding hydrogens is 1990 g/mol. The van der Waals surface area contributed by atoms with Crippen LogP contribution < -0.4 is 69.1 Å². The van der Waals surface area contributed by atoms with Gasteiger partial charge < -0.3 is 39.2 Å². The zero-order chi connectivity index (χ0) is 96.8. The predicted octanol–water partition coefficient (Wildman–Crippen LogP) is 23.8. The van der Waals surface area contributed by atoms with E-state index in [2.05, 4.69) is 380 Å². The zero-order valence-electron chi connectivity index (χ0n) is 78.4. The Kier molecular flexibility index (Phi) is 39.7. The number of methoxy groups -OCH3 is 2. The van der Waals surface area contributed by atoms with Gasteiger partial charge >= 0.3 is 19.1 Å². The standard InChI is InChI=1S/C24H25ClO4.C18H21BrO4.4C18H15P.C6H6BClO2.Pd/c1-14-12-17(16-4-6-18(25)7-5-16)13-15(2)20(14)21-22(26)24(29-23(21)27)10-8-19(28-3)9-11-24;1-10-8-12(19)9-11(2)14(10)15-16(20)18(23-17(15)21)6-4-13(22-3)5-7-18;4*1-4-10-16(11-5-1)19(17-12-6-2-7-13-17)18-14-8-3-9-15-18;8-6-3-1-5(2-4-6)7(9)10;/h4-7,12-13,19,26H,8-11H2,1-3H3;8-9,13,20H,4-7H2,1-3H3;4*1-15H;1-4,9-10H;. The van der Waals surface area contributed by atoms with Crippen molar-refractivity contribution in [3.8, 4) is 11.1 Å². The molecule has 4 N–H and O–H groups in total. The van der Waals surface area contributed by atoms with Crippen LogP contribution in [0.4, 0.5) is 0 Å². The van der Waals surface area contributed by atoms with E-state index in [1.54, 1.807) is 38.5 Å². The molecule has 2 saturated carbocycles. The first-order chi connectivity index (χ1) is 67.2. The van der Waals surface area contributed by atoms with Gasteiger partial charge in [-0.05, 0) is 261 Å². The van der Waals surface area contributed by atoms with E-state index >= 15 is 0 Å². The molecule has 0 amide bonds. The maximum Gasteiger partial charge on any atom is 0.488 e. The summed E-state index contributed by atoms with van der Waals surface area (Å²) in [5.41, 5.74) is 6.67. The summed E-state index contributed by atoms with van der Waals surface area (Å²) >= 11 is 15.0. The molecule has 10 nitrogen and oxygen atoms in total. The Hall–Kier alpha value is -11.1. The van der Waals surface area contributed by atoms with Gasteiger partial charge in [-0.1, -0.05) is 440 Å². The van der Waals surface area contributed by atoms with Crippen molar-refractivity contribution in [2.24, 2.45) is 0 Å². The summed E-state index contributed by atoms with van der Waals surface area (Å²) in [6, 6.07) is 151. The molecule has 0 aromatic heterocycles. The summed E-state index contributed by atoms with van der Waals surface area (Å²) in [5, 5.41) is 57.2. The van der Waals surface area contributed by atoms with Crippen LogP contribution in [0.25, 0.3) is 22.3 Å². The number of aliphatic hydroxyl groups is 2. The van der Waals surface area contributed by atoms with E-state index in [4.69, 9.17) is 52.2 Å². The second-order valence-electron chi connectivity index (χ2n) is 33.8. The third-order valence-corrected chi connectivity index (χ3v) is 35.3. The fourth-order valence-corrected chi connectivity index (χ4v) is 27.9. The number of benzene rings is 16. The molecule has 19 heteroatoms. The second kappa shape index (κ2) is 52.4. The molecule has 16 aromatic carbocycles. The van der Waals surface area contributed by atoms with Crippen molar-refractivity contribution < 1.29 is 69.2 Å². The van der Waals surface area contributed by atoms with E-state index in [0.717, 1.165) is 74.7 Å². The topological polar surface area (TPSA) is 152 Å². The van der Waals surface area contributed by atoms with Crippen molar-refractivity contribution in [2.45, 2.75) is 102 Å². The molecule has 0 radical (unpaired) electrons. The first kappa shape index (κ1) is 105. The Morgan fingerprint density at radius 2 is 0.504 bits per heavy atom. The summed E-state index contributed by atoms with van der Waals surface area (Å²) in [5.74, 6) is -0.705. The minimum absolute atomic E-state index is 0. The fraction of sp³-hybridized carbons (Fsp3) is 0.150. The molecule has 0 bridgehead atoms. The van der Waals surface area contributed by atoms with Crippen molar-refractivity contribution in [1.29, 1.82) is 0 Å². The predicted molar refractivity (Wildman–Crippen MR) is 587 cm³/mol. The monoisotopic (exact) mass is 2100 g/mol. The number of halogens is 3.